The molecule has 0 aliphatic carbocycles. The summed E-state index contributed by atoms with van der Waals surface area (Å²) in [6.07, 6.45) is -3.97. The van der Waals surface area contributed by atoms with Crippen molar-refractivity contribution in [1.82, 2.24) is 0 Å². The van der Waals surface area contributed by atoms with Crippen molar-refractivity contribution in [2.45, 2.75) is 43.5 Å². The molecule has 0 aromatic heterocycles. The van der Waals surface area contributed by atoms with E-state index in [0.29, 0.717) is 0 Å². The molecule has 0 saturated carbocycles. The standard InChI is InChI=1S/C13H17NO7/c1-7-10(15)11(16)12(2,17)13(18,21-7)8-3-5-9(6-4-8)14(19)20/h3-7,10-11,15-18H,1-2H3/t7-,10+,11+,12-,13+/m1/s1. The van der Waals surface area contributed by atoms with Crippen LogP contribution >= 0.6 is 0 Å². The van der Waals surface area contributed by atoms with E-state index in [1.54, 1.807) is 0 Å². The molecule has 1 heterocycles. The molecule has 0 radical (unpaired) electrons. The van der Waals surface area contributed by atoms with Crippen molar-refractivity contribution in [2.24, 2.45) is 0 Å². The Balaban J connectivity index is 2.46. The lowest BCUT2D eigenvalue weighted by Gasteiger charge is -2.51. The van der Waals surface area contributed by atoms with Gasteiger partial charge in [-0.2, -0.15) is 0 Å². The Labute approximate surface area is 120 Å². The number of nitro groups is 1. The smallest absolute Gasteiger partial charge is 0.269 e. The summed E-state index contributed by atoms with van der Waals surface area (Å²) in [5.41, 5.74) is -2.35. The fourth-order valence-corrected chi connectivity index (χ4v) is 2.42. The van der Waals surface area contributed by atoms with E-state index >= 15 is 0 Å². The quantitative estimate of drug-likeness (QED) is 0.432. The maximum absolute atomic E-state index is 10.6. The maximum Gasteiger partial charge on any atom is 0.269 e. The number of nitro benzene ring substituents is 1. The number of non-ortho nitro benzene ring substituents is 1. The van der Waals surface area contributed by atoms with Gasteiger partial charge in [0, 0.05) is 17.7 Å². The summed E-state index contributed by atoms with van der Waals surface area (Å²) < 4.78 is 5.28. The fourth-order valence-electron chi connectivity index (χ4n) is 2.42. The lowest BCUT2D eigenvalue weighted by Crippen LogP contribution is -2.69. The number of ether oxygens (including phenoxy) is 1. The zero-order chi connectivity index (χ0) is 16.0. The molecule has 0 amide bonds. The normalized spacial score (nSPS) is 40.0. The number of nitrogens with zero attached hydrogens (tertiary/aromatic N) is 1. The molecule has 21 heavy (non-hydrogen) atoms. The average Bonchev–Trinajstić information content (AvgIpc) is 2.43. The number of hydrogen-bond acceptors (Lipinski definition) is 7. The van der Waals surface area contributed by atoms with Crippen LogP contribution in [0.5, 0.6) is 0 Å². The van der Waals surface area contributed by atoms with Crippen LogP contribution in [0.25, 0.3) is 0 Å². The molecule has 8 heteroatoms. The van der Waals surface area contributed by atoms with Crippen LogP contribution in [0.3, 0.4) is 0 Å². The van der Waals surface area contributed by atoms with Crippen molar-refractivity contribution in [2.75, 3.05) is 0 Å². The molecule has 1 aliphatic rings. The van der Waals surface area contributed by atoms with Crippen LogP contribution in [0.1, 0.15) is 19.4 Å². The summed E-state index contributed by atoms with van der Waals surface area (Å²) in [6.45, 7) is 2.55. The summed E-state index contributed by atoms with van der Waals surface area (Å²) in [4.78, 5) is 10.0. The zero-order valence-electron chi connectivity index (χ0n) is 11.5. The van der Waals surface area contributed by atoms with Crippen molar-refractivity contribution >= 4 is 5.69 Å². The van der Waals surface area contributed by atoms with E-state index in [-0.39, 0.29) is 11.3 Å². The van der Waals surface area contributed by atoms with Gasteiger partial charge in [-0.05, 0) is 26.0 Å². The van der Waals surface area contributed by atoms with Crippen molar-refractivity contribution in [3.63, 3.8) is 0 Å². The number of aliphatic hydroxyl groups excluding tert-OH is 2. The maximum atomic E-state index is 10.6. The van der Waals surface area contributed by atoms with E-state index in [4.69, 9.17) is 4.74 Å². The minimum absolute atomic E-state index is 0.0379. The highest BCUT2D eigenvalue weighted by atomic mass is 16.7. The molecule has 0 bridgehead atoms. The number of rotatable bonds is 2. The van der Waals surface area contributed by atoms with Crippen LogP contribution in [0.2, 0.25) is 0 Å². The molecule has 5 atom stereocenters. The molecular weight excluding hydrogens is 282 g/mol. The predicted molar refractivity (Wildman–Crippen MR) is 70.2 cm³/mol. The average molecular weight is 299 g/mol. The molecule has 4 N–H and O–H groups in total. The topological polar surface area (TPSA) is 133 Å². The summed E-state index contributed by atoms with van der Waals surface area (Å²) in [5, 5.41) is 51.4. The first-order valence-corrected chi connectivity index (χ1v) is 6.35. The summed E-state index contributed by atoms with van der Waals surface area (Å²) in [7, 11) is 0. The Morgan fingerprint density at radius 1 is 1.24 bits per heavy atom. The molecule has 1 fully saturated rings. The first-order chi connectivity index (χ1) is 9.61. The monoisotopic (exact) mass is 299 g/mol. The minimum Gasteiger partial charge on any atom is -0.388 e. The first kappa shape index (κ1) is 15.8. The van der Waals surface area contributed by atoms with Crippen molar-refractivity contribution in [3.8, 4) is 0 Å². The lowest BCUT2D eigenvalue weighted by atomic mass is 9.78. The Bertz CT molecular complexity index is 544. The van der Waals surface area contributed by atoms with Crippen LogP contribution in [0.4, 0.5) is 5.69 Å². The molecule has 1 aromatic carbocycles. The summed E-state index contributed by atoms with van der Waals surface area (Å²) >= 11 is 0. The van der Waals surface area contributed by atoms with Gasteiger partial charge in [0.05, 0.1) is 11.0 Å². The Hall–Kier alpha value is -1.58. The largest absolute Gasteiger partial charge is 0.388 e. The van der Waals surface area contributed by atoms with Gasteiger partial charge in [0.1, 0.15) is 17.8 Å². The summed E-state index contributed by atoms with van der Waals surface area (Å²) in [5.74, 6) is -2.31. The molecule has 8 nitrogen and oxygen atoms in total. The van der Waals surface area contributed by atoms with Gasteiger partial charge in [0.15, 0.2) is 0 Å². The van der Waals surface area contributed by atoms with Gasteiger partial charge >= 0.3 is 0 Å². The van der Waals surface area contributed by atoms with Gasteiger partial charge in [0.25, 0.3) is 5.69 Å². The van der Waals surface area contributed by atoms with Gasteiger partial charge < -0.3 is 25.2 Å². The zero-order valence-corrected chi connectivity index (χ0v) is 11.5. The van der Waals surface area contributed by atoms with Crippen LogP contribution in [0.15, 0.2) is 24.3 Å². The van der Waals surface area contributed by atoms with E-state index in [2.05, 4.69) is 0 Å². The van der Waals surface area contributed by atoms with Gasteiger partial charge in [-0.1, -0.05) is 0 Å². The second kappa shape index (κ2) is 5.00. The van der Waals surface area contributed by atoms with Gasteiger partial charge in [0.2, 0.25) is 5.79 Å². The van der Waals surface area contributed by atoms with Crippen LogP contribution in [-0.4, -0.2) is 49.3 Å². The third-order valence-electron chi connectivity index (χ3n) is 3.89. The highest BCUT2D eigenvalue weighted by Gasteiger charge is 2.60. The van der Waals surface area contributed by atoms with Crippen molar-refractivity contribution in [1.29, 1.82) is 0 Å². The number of aliphatic hydroxyl groups is 4. The van der Waals surface area contributed by atoms with Crippen molar-refractivity contribution < 1.29 is 30.1 Å². The minimum atomic E-state index is -2.31. The predicted octanol–water partition coefficient (Wildman–Crippen LogP) is -0.369. The SMILES string of the molecule is C[C@H]1O[C@@](O)(c2ccc([N+](=O)[O-])cc2)[C@](C)(O)[C@@H](O)[C@H]1O. The van der Waals surface area contributed by atoms with Gasteiger partial charge in [-0.3, -0.25) is 10.1 Å². The van der Waals surface area contributed by atoms with Gasteiger partial charge in [-0.15, -0.1) is 0 Å². The molecule has 0 unspecified atom stereocenters. The Morgan fingerprint density at radius 3 is 2.24 bits per heavy atom. The second-order valence-corrected chi connectivity index (χ2v) is 5.35. The Kier molecular flexibility index (Phi) is 3.77. The first-order valence-electron chi connectivity index (χ1n) is 6.35. The summed E-state index contributed by atoms with van der Waals surface area (Å²) in [6, 6.07) is 4.75. The third kappa shape index (κ3) is 2.30. The lowest BCUT2D eigenvalue weighted by molar-refractivity contribution is -0.389. The molecule has 116 valence electrons. The number of benzene rings is 1. The van der Waals surface area contributed by atoms with Gasteiger partial charge in [-0.25, -0.2) is 0 Å². The van der Waals surface area contributed by atoms with Crippen molar-refractivity contribution in [3.05, 3.63) is 39.9 Å². The van der Waals surface area contributed by atoms with E-state index in [1.165, 1.54) is 19.1 Å². The van der Waals surface area contributed by atoms with E-state index in [9.17, 15) is 30.5 Å². The molecule has 0 spiro atoms. The van der Waals surface area contributed by atoms with Crippen LogP contribution in [0, 0.1) is 10.1 Å². The molecule has 1 aliphatic heterocycles. The molecule has 1 saturated heterocycles. The highest BCUT2D eigenvalue weighted by molar-refractivity contribution is 5.36. The Morgan fingerprint density at radius 2 is 1.76 bits per heavy atom. The van der Waals surface area contributed by atoms with E-state index in [1.807, 2.05) is 0 Å². The molecular formula is C13H17NO7. The van der Waals surface area contributed by atoms with E-state index in [0.717, 1.165) is 19.1 Å². The van der Waals surface area contributed by atoms with Crippen LogP contribution < -0.4 is 0 Å². The highest BCUT2D eigenvalue weighted by Crippen LogP contribution is 2.43. The third-order valence-corrected chi connectivity index (χ3v) is 3.89. The van der Waals surface area contributed by atoms with E-state index < -0.39 is 34.6 Å². The second-order valence-electron chi connectivity index (χ2n) is 5.35. The van der Waals surface area contributed by atoms with Crippen LogP contribution in [-0.2, 0) is 10.5 Å². The molecule has 1 aromatic rings. The number of hydrogen-bond donors (Lipinski definition) is 4. The molecule has 2 rings (SSSR count). The fraction of sp³-hybridized carbons (Fsp3) is 0.538.